The van der Waals surface area contributed by atoms with Crippen LogP contribution in [-0.4, -0.2) is 37.7 Å². The molecule has 142 valence electrons. The molecule has 2 aromatic rings. The molecule has 0 aliphatic heterocycles. The highest BCUT2D eigenvalue weighted by molar-refractivity contribution is 5.92. The van der Waals surface area contributed by atoms with Gasteiger partial charge in [-0.15, -0.1) is 0 Å². The number of carboxylic acids is 1. The first kappa shape index (κ1) is 18.8. The monoisotopic (exact) mass is 369 g/mol. The Morgan fingerprint density at radius 3 is 2.41 bits per heavy atom. The van der Waals surface area contributed by atoms with Crippen LogP contribution in [0.1, 0.15) is 34.3 Å². The van der Waals surface area contributed by atoms with Crippen molar-refractivity contribution in [3.8, 4) is 11.5 Å². The molecule has 6 nitrogen and oxygen atoms in total. The van der Waals surface area contributed by atoms with Crippen LogP contribution < -0.4 is 14.8 Å². The Bertz CT molecular complexity index is 857. The first-order valence-electron chi connectivity index (χ1n) is 8.84. The maximum atomic E-state index is 12.8. The molecule has 1 aliphatic carbocycles. The highest BCUT2D eigenvalue weighted by atomic mass is 16.5. The Labute approximate surface area is 158 Å². The second kappa shape index (κ2) is 7.70. The summed E-state index contributed by atoms with van der Waals surface area (Å²) in [5.41, 5.74) is 1.44. The number of rotatable bonds is 8. The van der Waals surface area contributed by atoms with Gasteiger partial charge in [0, 0.05) is 12.1 Å². The fraction of sp³-hybridized carbons (Fsp3) is 0.333. The number of amides is 1. The van der Waals surface area contributed by atoms with Gasteiger partial charge >= 0.3 is 5.97 Å². The van der Waals surface area contributed by atoms with Crippen LogP contribution in [0.2, 0.25) is 0 Å². The number of carboxylic acid groups (broad SMARTS) is 1. The number of carbonyl (C=O) groups is 2. The molecule has 1 amide bonds. The van der Waals surface area contributed by atoms with Crippen LogP contribution in [0.3, 0.4) is 0 Å². The highest BCUT2D eigenvalue weighted by Crippen LogP contribution is 2.51. The summed E-state index contributed by atoms with van der Waals surface area (Å²) in [4.78, 5) is 23.9. The molecule has 2 N–H and O–H groups in total. The van der Waals surface area contributed by atoms with Crippen molar-refractivity contribution in [2.45, 2.75) is 24.7 Å². The second-order valence-electron chi connectivity index (χ2n) is 6.62. The van der Waals surface area contributed by atoms with E-state index in [-0.39, 0.29) is 11.5 Å². The van der Waals surface area contributed by atoms with Gasteiger partial charge in [0.05, 0.1) is 25.2 Å². The normalized spacial score (nSPS) is 14.3. The predicted octanol–water partition coefficient (Wildman–Crippen LogP) is 2.79. The van der Waals surface area contributed by atoms with Crippen LogP contribution in [0.4, 0.5) is 0 Å². The van der Waals surface area contributed by atoms with E-state index in [1.165, 1.54) is 13.2 Å². The minimum absolute atomic E-state index is 0.00637. The summed E-state index contributed by atoms with van der Waals surface area (Å²) in [6.45, 7) is 0.443. The first-order valence-corrected chi connectivity index (χ1v) is 8.84. The van der Waals surface area contributed by atoms with Crippen LogP contribution in [0.5, 0.6) is 11.5 Å². The second-order valence-corrected chi connectivity index (χ2v) is 6.62. The number of nitrogens with one attached hydrogen (secondary N) is 1. The van der Waals surface area contributed by atoms with Crippen molar-refractivity contribution >= 4 is 11.9 Å². The maximum Gasteiger partial charge on any atom is 0.335 e. The smallest absolute Gasteiger partial charge is 0.335 e. The zero-order valence-corrected chi connectivity index (χ0v) is 15.5. The molecule has 0 atom stereocenters. The zero-order valence-electron chi connectivity index (χ0n) is 15.5. The van der Waals surface area contributed by atoms with Gasteiger partial charge < -0.3 is 19.9 Å². The van der Waals surface area contributed by atoms with Crippen LogP contribution in [-0.2, 0) is 16.6 Å². The molecule has 0 unspecified atom stereocenters. The van der Waals surface area contributed by atoms with E-state index in [0.29, 0.717) is 18.7 Å². The van der Waals surface area contributed by atoms with Crippen LogP contribution in [0.25, 0.3) is 0 Å². The molecule has 0 radical (unpaired) electrons. The van der Waals surface area contributed by atoms with Crippen molar-refractivity contribution < 1.29 is 24.2 Å². The Balaban J connectivity index is 1.66. The van der Waals surface area contributed by atoms with E-state index in [1.54, 1.807) is 19.2 Å². The van der Waals surface area contributed by atoms with E-state index in [4.69, 9.17) is 14.6 Å². The Morgan fingerprint density at radius 2 is 1.78 bits per heavy atom. The summed E-state index contributed by atoms with van der Waals surface area (Å²) < 4.78 is 10.7. The van der Waals surface area contributed by atoms with Crippen LogP contribution in [0.15, 0.2) is 42.5 Å². The molecule has 0 bridgehead atoms. The number of methoxy groups -OCH3 is 2. The van der Waals surface area contributed by atoms with Crippen molar-refractivity contribution in [2.75, 3.05) is 20.8 Å². The molecular weight excluding hydrogens is 346 g/mol. The van der Waals surface area contributed by atoms with Gasteiger partial charge in [-0.1, -0.05) is 24.3 Å². The third kappa shape index (κ3) is 3.74. The largest absolute Gasteiger partial charge is 0.496 e. The summed E-state index contributed by atoms with van der Waals surface area (Å²) in [5, 5.41) is 12.1. The fourth-order valence-electron chi connectivity index (χ4n) is 3.35. The quantitative estimate of drug-likeness (QED) is 0.747. The third-order valence-corrected chi connectivity index (χ3v) is 5.02. The Morgan fingerprint density at radius 1 is 1.07 bits per heavy atom. The molecule has 0 aromatic heterocycles. The lowest BCUT2D eigenvalue weighted by Gasteiger charge is -2.18. The minimum atomic E-state index is -0.999. The minimum Gasteiger partial charge on any atom is -0.496 e. The average molecular weight is 369 g/mol. The first-order chi connectivity index (χ1) is 13.0. The van der Waals surface area contributed by atoms with Crippen LogP contribution >= 0.6 is 0 Å². The number of carbonyl (C=O) groups excluding carboxylic acids is 1. The lowest BCUT2D eigenvalue weighted by molar-refractivity contribution is -0.123. The molecule has 27 heavy (non-hydrogen) atoms. The number of hydrogen-bond donors (Lipinski definition) is 2. The van der Waals surface area contributed by atoms with Crippen molar-refractivity contribution in [3.63, 3.8) is 0 Å². The van der Waals surface area contributed by atoms with Gasteiger partial charge in [0.2, 0.25) is 5.91 Å². The van der Waals surface area contributed by atoms with Gasteiger partial charge in [0.25, 0.3) is 0 Å². The number of hydrogen-bond acceptors (Lipinski definition) is 4. The molecule has 2 aromatic carbocycles. The van der Waals surface area contributed by atoms with Gasteiger partial charge in [-0.25, -0.2) is 4.79 Å². The van der Waals surface area contributed by atoms with E-state index in [9.17, 15) is 9.59 Å². The SMILES string of the molecule is COc1cc(C(=O)O)ccc1CCNC(=O)C1(c2ccccc2OC)CC1. The number of aromatic carboxylic acids is 1. The fourth-order valence-corrected chi connectivity index (χ4v) is 3.35. The lowest BCUT2D eigenvalue weighted by Crippen LogP contribution is -2.36. The average Bonchev–Trinajstić information content (AvgIpc) is 3.49. The van der Waals surface area contributed by atoms with E-state index in [2.05, 4.69) is 5.32 Å². The predicted molar refractivity (Wildman–Crippen MR) is 101 cm³/mol. The highest BCUT2D eigenvalue weighted by Gasteiger charge is 2.52. The van der Waals surface area contributed by atoms with Gasteiger partial charge in [0.1, 0.15) is 11.5 Å². The van der Waals surface area contributed by atoms with Crippen molar-refractivity contribution in [1.82, 2.24) is 5.32 Å². The molecule has 1 saturated carbocycles. The molecule has 1 fully saturated rings. The molecule has 0 heterocycles. The van der Waals surface area contributed by atoms with Crippen molar-refractivity contribution in [1.29, 1.82) is 0 Å². The summed E-state index contributed by atoms with van der Waals surface area (Å²) in [6.07, 6.45) is 2.16. The number of ether oxygens (including phenoxy) is 2. The van der Waals surface area contributed by atoms with Gasteiger partial charge in [-0.2, -0.15) is 0 Å². The Hall–Kier alpha value is -3.02. The molecule has 0 spiro atoms. The molecule has 6 heteroatoms. The van der Waals surface area contributed by atoms with Gasteiger partial charge in [0.15, 0.2) is 0 Å². The third-order valence-electron chi connectivity index (χ3n) is 5.02. The van der Waals surface area contributed by atoms with E-state index >= 15 is 0 Å². The Kier molecular flexibility index (Phi) is 5.35. The summed E-state index contributed by atoms with van der Waals surface area (Å²) in [5.74, 6) is 0.236. The van der Waals surface area contributed by atoms with E-state index in [0.717, 1.165) is 29.7 Å². The standard InChI is InChI=1S/C21H23NO5/c1-26-17-6-4-3-5-16(17)21(10-11-21)20(25)22-12-9-14-7-8-15(19(23)24)13-18(14)27-2/h3-8,13H,9-12H2,1-2H3,(H,22,25)(H,23,24). The molecule has 1 aliphatic rings. The van der Waals surface area contributed by atoms with E-state index < -0.39 is 11.4 Å². The molecule has 0 saturated heterocycles. The summed E-state index contributed by atoms with van der Waals surface area (Å²) in [7, 11) is 3.11. The maximum absolute atomic E-state index is 12.8. The van der Waals surface area contributed by atoms with Gasteiger partial charge in [-0.3, -0.25) is 4.79 Å². The summed E-state index contributed by atoms with van der Waals surface area (Å²) in [6, 6.07) is 12.4. The van der Waals surface area contributed by atoms with E-state index in [1.807, 2.05) is 24.3 Å². The molecule has 3 rings (SSSR count). The van der Waals surface area contributed by atoms with Crippen LogP contribution in [0, 0.1) is 0 Å². The molecular formula is C21H23NO5. The van der Waals surface area contributed by atoms with Crippen molar-refractivity contribution in [2.24, 2.45) is 0 Å². The number of benzene rings is 2. The zero-order chi connectivity index (χ0) is 19.4. The topological polar surface area (TPSA) is 84.9 Å². The lowest BCUT2D eigenvalue weighted by atomic mass is 9.94. The van der Waals surface area contributed by atoms with Gasteiger partial charge in [-0.05, 0) is 43.0 Å². The number of para-hydroxylation sites is 1. The van der Waals surface area contributed by atoms with Crippen molar-refractivity contribution in [3.05, 3.63) is 59.2 Å². The summed E-state index contributed by atoms with van der Waals surface area (Å²) >= 11 is 0.